The minimum absolute atomic E-state index is 0.0792. The quantitative estimate of drug-likeness (QED) is 0.555. The molecule has 1 aromatic carbocycles. The Hall–Kier alpha value is -2.95. The van der Waals surface area contributed by atoms with Gasteiger partial charge in [0.1, 0.15) is 12.4 Å². The number of likely N-dealkylation sites (tertiary alicyclic amines) is 1. The van der Waals surface area contributed by atoms with Crippen LogP contribution in [-0.2, 0) is 37.1 Å². The van der Waals surface area contributed by atoms with Crippen molar-refractivity contribution in [3.63, 3.8) is 0 Å². The predicted octanol–water partition coefficient (Wildman–Crippen LogP) is 3.20. The van der Waals surface area contributed by atoms with Gasteiger partial charge < -0.3 is 14.8 Å². The fourth-order valence-electron chi connectivity index (χ4n) is 4.96. The number of ether oxygens (including phenoxy) is 2. The summed E-state index contributed by atoms with van der Waals surface area (Å²) in [6.07, 6.45) is 1.27. The number of hydrogen-bond donors (Lipinski definition) is 1. The molecule has 10 heteroatoms. The molecule has 1 unspecified atom stereocenters. The molecule has 2 aromatic rings. The molecular formula is C25H31N3O6S. The number of benzene rings is 1. The van der Waals surface area contributed by atoms with Crippen LogP contribution in [0.4, 0.5) is 5.00 Å². The highest BCUT2D eigenvalue weighted by Crippen LogP contribution is 2.45. The second kappa shape index (κ2) is 10.8. The van der Waals surface area contributed by atoms with Crippen molar-refractivity contribution in [3.8, 4) is 5.75 Å². The molecule has 1 N–H and O–H groups in total. The van der Waals surface area contributed by atoms with Gasteiger partial charge in [-0.15, -0.1) is 11.3 Å². The van der Waals surface area contributed by atoms with Crippen molar-refractivity contribution >= 4 is 34.1 Å². The van der Waals surface area contributed by atoms with Crippen molar-refractivity contribution < 1.29 is 28.7 Å². The van der Waals surface area contributed by atoms with Crippen LogP contribution in [0.3, 0.4) is 0 Å². The maximum absolute atomic E-state index is 13.0. The van der Waals surface area contributed by atoms with Crippen LogP contribution in [-0.4, -0.2) is 60.6 Å². The summed E-state index contributed by atoms with van der Waals surface area (Å²) < 4.78 is 10.4. The maximum atomic E-state index is 13.0. The van der Waals surface area contributed by atoms with Crippen molar-refractivity contribution in [3.05, 3.63) is 46.8 Å². The number of rotatable bonds is 8. The monoisotopic (exact) mass is 501 g/mol. The second-order valence-corrected chi connectivity index (χ2v) is 10.1. The molecule has 2 aliphatic rings. The Morgan fingerprint density at radius 1 is 1.17 bits per heavy atom. The molecule has 2 aliphatic heterocycles. The van der Waals surface area contributed by atoms with Crippen LogP contribution in [0.25, 0.3) is 0 Å². The molecule has 2 fully saturated rings. The molecule has 0 radical (unpaired) electrons. The molecule has 1 spiro atoms. The number of nitrogens with one attached hydrogen (secondary N) is 1. The lowest BCUT2D eigenvalue weighted by Gasteiger charge is -2.45. The molecule has 2 amide bonds. The van der Waals surface area contributed by atoms with Gasteiger partial charge >= 0.3 is 5.97 Å². The topological polar surface area (TPSA) is 97.4 Å². The predicted molar refractivity (Wildman–Crippen MR) is 131 cm³/mol. The molecule has 0 aliphatic carbocycles. The van der Waals surface area contributed by atoms with Crippen LogP contribution in [0.15, 0.2) is 36.4 Å². The summed E-state index contributed by atoms with van der Waals surface area (Å²) in [7, 11) is 2.96. The molecule has 1 aromatic heterocycles. The van der Waals surface area contributed by atoms with Gasteiger partial charge in [-0.2, -0.15) is 0 Å². The van der Waals surface area contributed by atoms with Gasteiger partial charge in [0, 0.05) is 37.9 Å². The van der Waals surface area contributed by atoms with E-state index in [2.05, 4.69) is 10.2 Å². The Labute approximate surface area is 208 Å². The molecule has 35 heavy (non-hydrogen) atoms. The maximum Gasteiger partial charge on any atom is 0.311 e. The normalized spacial score (nSPS) is 19.7. The number of amides is 2. The number of methoxy groups -OCH3 is 2. The largest absolute Gasteiger partial charge is 0.497 e. The van der Waals surface area contributed by atoms with Crippen molar-refractivity contribution in [1.29, 1.82) is 0 Å². The minimum atomic E-state index is -0.740. The average molecular weight is 502 g/mol. The zero-order valence-corrected chi connectivity index (χ0v) is 21.1. The number of nitrogens with zero attached hydrogens (tertiary/aromatic N) is 2. The molecule has 4 rings (SSSR count). The third-order valence-corrected chi connectivity index (χ3v) is 7.69. The second-order valence-electron chi connectivity index (χ2n) is 8.92. The highest BCUT2D eigenvalue weighted by Gasteiger charge is 2.58. The van der Waals surface area contributed by atoms with Gasteiger partial charge in [-0.1, -0.05) is 12.1 Å². The van der Waals surface area contributed by atoms with E-state index in [4.69, 9.17) is 14.3 Å². The number of carbonyl (C=O) groups excluding carboxylic acids is 3. The first-order chi connectivity index (χ1) is 16.8. The fraction of sp³-hybridized carbons (Fsp3) is 0.480. The number of thiophene rings is 1. The van der Waals surface area contributed by atoms with Crippen LogP contribution in [0.5, 0.6) is 5.75 Å². The standard InChI is InChI=1S/C25H31N3O6S/c1-17(29)26-22-8-7-20(35-22)15-27-11-9-25(10-12-27)21(24(31)33-3)14-23(30)28(25)34-16-18-5-4-6-19(13-18)32-2/h4-8,13,21H,9-12,14-16H2,1-3H3,(H,26,29). The van der Waals surface area contributed by atoms with E-state index in [0.29, 0.717) is 31.7 Å². The molecular weight excluding hydrogens is 470 g/mol. The summed E-state index contributed by atoms with van der Waals surface area (Å²) in [5.74, 6) is -0.523. The number of piperidine rings is 1. The molecule has 2 saturated heterocycles. The smallest absolute Gasteiger partial charge is 0.311 e. The number of anilines is 1. The van der Waals surface area contributed by atoms with Gasteiger partial charge in [-0.05, 0) is 42.7 Å². The zero-order chi connectivity index (χ0) is 25.0. The number of carbonyl (C=O) groups is 3. The van der Waals surface area contributed by atoms with Crippen LogP contribution >= 0.6 is 11.3 Å². The van der Waals surface area contributed by atoms with E-state index in [0.717, 1.165) is 22.0 Å². The molecule has 1 atom stereocenters. The highest BCUT2D eigenvalue weighted by atomic mass is 32.1. The first-order valence-corrected chi connectivity index (χ1v) is 12.4. The van der Waals surface area contributed by atoms with E-state index < -0.39 is 11.5 Å². The molecule has 188 valence electrons. The van der Waals surface area contributed by atoms with Crippen LogP contribution in [0.1, 0.15) is 36.6 Å². The lowest BCUT2D eigenvalue weighted by Crippen LogP contribution is -2.57. The van der Waals surface area contributed by atoms with E-state index in [1.165, 1.54) is 19.1 Å². The van der Waals surface area contributed by atoms with E-state index in [-0.39, 0.29) is 30.8 Å². The van der Waals surface area contributed by atoms with Crippen LogP contribution < -0.4 is 10.1 Å². The molecule has 0 saturated carbocycles. The Bertz CT molecular complexity index is 1080. The summed E-state index contributed by atoms with van der Waals surface area (Å²) in [5.41, 5.74) is 0.134. The lowest BCUT2D eigenvalue weighted by atomic mass is 9.77. The molecule has 0 bridgehead atoms. The van der Waals surface area contributed by atoms with Crippen molar-refractivity contribution in [2.24, 2.45) is 5.92 Å². The van der Waals surface area contributed by atoms with Crippen molar-refractivity contribution in [2.45, 2.75) is 44.9 Å². The van der Waals surface area contributed by atoms with Gasteiger partial charge in [0.25, 0.3) is 0 Å². The summed E-state index contributed by atoms with van der Waals surface area (Å²) in [6, 6.07) is 11.4. The van der Waals surface area contributed by atoms with Crippen LogP contribution in [0.2, 0.25) is 0 Å². The summed E-state index contributed by atoms with van der Waals surface area (Å²) >= 11 is 1.55. The minimum Gasteiger partial charge on any atom is -0.497 e. The first-order valence-electron chi connectivity index (χ1n) is 11.6. The van der Waals surface area contributed by atoms with E-state index in [1.54, 1.807) is 18.4 Å². The van der Waals surface area contributed by atoms with E-state index in [1.807, 2.05) is 36.4 Å². The Morgan fingerprint density at radius 2 is 1.94 bits per heavy atom. The number of hydrogen-bond acceptors (Lipinski definition) is 8. The highest BCUT2D eigenvalue weighted by molar-refractivity contribution is 7.16. The molecule has 9 nitrogen and oxygen atoms in total. The van der Waals surface area contributed by atoms with E-state index in [9.17, 15) is 14.4 Å². The van der Waals surface area contributed by atoms with Gasteiger partial charge in [0.2, 0.25) is 11.8 Å². The van der Waals surface area contributed by atoms with Crippen LogP contribution in [0, 0.1) is 5.92 Å². The summed E-state index contributed by atoms with van der Waals surface area (Å²) in [5, 5.41) is 5.09. The SMILES string of the molecule is COC(=O)C1CC(=O)N(OCc2cccc(OC)c2)C12CCN(Cc1ccc(NC(C)=O)s1)CC2. The number of esters is 1. The van der Waals surface area contributed by atoms with E-state index >= 15 is 0 Å². The Kier molecular flexibility index (Phi) is 7.73. The Balaban J connectivity index is 1.46. The third kappa shape index (κ3) is 5.50. The van der Waals surface area contributed by atoms with Crippen molar-refractivity contribution in [2.75, 3.05) is 32.6 Å². The first kappa shape index (κ1) is 25.2. The fourth-order valence-corrected chi connectivity index (χ4v) is 5.95. The van der Waals surface area contributed by atoms with Crippen molar-refractivity contribution in [1.82, 2.24) is 9.96 Å². The lowest BCUT2D eigenvalue weighted by molar-refractivity contribution is -0.229. The van der Waals surface area contributed by atoms with Gasteiger partial charge in [-0.3, -0.25) is 24.1 Å². The Morgan fingerprint density at radius 3 is 2.63 bits per heavy atom. The average Bonchev–Trinajstić information content (AvgIpc) is 3.39. The van der Waals surface area contributed by atoms with Gasteiger partial charge in [-0.25, -0.2) is 5.06 Å². The molecule has 3 heterocycles. The van der Waals surface area contributed by atoms with Gasteiger partial charge in [0.05, 0.1) is 30.7 Å². The third-order valence-electron chi connectivity index (χ3n) is 6.70. The summed E-state index contributed by atoms with van der Waals surface area (Å²) in [6.45, 7) is 3.83. The summed E-state index contributed by atoms with van der Waals surface area (Å²) in [4.78, 5) is 46.5. The number of hydroxylamine groups is 2. The zero-order valence-electron chi connectivity index (χ0n) is 20.2. The van der Waals surface area contributed by atoms with Gasteiger partial charge in [0.15, 0.2) is 0 Å².